The maximum atomic E-state index is 12.8. The fourth-order valence-electron chi connectivity index (χ4n) is 2.05. The van der Waals surface area contributed by atoms with E-state index >= 15 is 0 Å². The van der Waals surface area contributed by atoms with E-state index in [2.05, 4.69) is 5.32 Å². The molecule has 2 aromatic carbocycles. The molecule has 0 bridgehead atoms. The van der Waals surface area contributed by atoms with Gasteiger partial charge in [0.25, 0.3) is 5.91 Å². The predicted molar refractivity (Wildman–Crippen MR) is 86.2 cm³/mol. The minimum Gasteiger partial charge on any atom is -0.452 e. The lowest BCUT2D eigenvalue weighted by atomic mass is 10.1. The van der Waals surface area contributed by atoms with Crippen LogP contribution in [0.15, 0.2) is 36.4 Å². The Balaban J connectivity index is 1.95. The molecule has 0 heterocycles. The maximum Gasteiger partial charge on any atom is 0.338 e. The lowest BCUT2D eigenvalue weighted by molar-refractivity contribution is -0.119. The first-order chi connectivity index (χ1) is 10.9. The highest BCUT2D eigenvalue weighted by atomic mass is 35.5. The third-order valence-corrected chi connectivity index (χ3v) is 3.41. The number of carbonyl (C=O) groups is 2. The number of amides is 1. The van der Waals surface area contributed by atoms with Crippen LogP contribution in [0.25, 0.3) is 0 Å². The van der Waals surface area contributed by atoms with Gasteiger partial charge in [0.15, 0.2) is 6.61 Å². The number of rotatable bonds is 4. The maximum absolute atomic E-state index is 12.8. The predicted octanol–water partition coefficient (Wildman–Crippen LogP) is 3.89. The van der Waals surface area contributed by atoms with Crippen molar-refractivity contribution in [3.05, 3.63) is 63.9 Å². The Morgan fingerprint density at radius 1 is 1.17 bits per heavy atom. The second-order valence-electron chi connectivity index (χ2n) is 5.07. The average Bonchev–Trinajstić information content (AvgIpc) is 2.49. The molecule has 0 saturated carbocycles. The molecule has 0 unspecified atom stereocenters. The lowest BCUT2D eigenvalue weighted by Gasteiger charge is -2.11. The van der Waals surface area contributed by atoms with E-state index in [0.717, 1.165) is 23.3 Å². The molecule has 23 heavy (non-hydrogen) atoms. The molecule has 4 nitrogen and oxygen atoms in total. The van der Waals surface area contributed by atoms with Crippen molar-refractivity contribution in [2.45, 2.75) is 13.8 Å². The van der Waals surface area contributed by atoms with Crippen molar-refractivity contribution in [2.75, 3.05) is 11.9 Å². The molecular weight excluding hydrogens is 321 g/mol. The summed E-state index contributed by atoms with van der Waals surface area (Å²) in [6, 6.07) is 8.48. The Morgan fingerprint density at radius 3 is 2.43 bits per heavy atom. The molecule has 0 radical (unpaired) electrons. The van der Waals surface area contributed by atoms with E-state index in [1.54, 1.807) is 6.07 Å². The highest BCUT2D eigenvalue weighted by molar-refractivity contribution is 6.34. The third-order valence-electron chi connectivity index (χ3n) is 3.11. The number of aryl methyl sites for hydroxylation is 2. The molecule has 0 aliphatic rings. The molecule has 1 N–H and O–H groups in total. The topological polar surface area (TPSA) is 55.4 Å². The fourth-order valence-corrected chi connectivity index (χ4v) is 2.42. The number of benzene rings is 2. The molecule has 120 valence electrons. The van der Waals surface area contributed by atoms with Gasteiger partial charge in [-0.25, -0.2) is 9.18 Å². The van der Waals surface area contributed by atoms with Crippen LogP contribution in [0.2, 0.25) is 5.02 Å². The first-order valence-electron chi connectivity index (χ1n) is 6.86. The van der Waals surface area contributed by atoms with Gasteiger partial charge in [-0.05, 0) is 55.3 Å². The van der Waals surface area contributed by atoms with Crippen LogP contribution < -0.4 is 5.32 Å². The Morgan fingerprint density at radius 2 is 1.83 bits per heavy atom. The number of anilines is 1. The average molecular weight is 336 g/mol. The number of nitrogens with one attached hydrogen (secondary N) is 1. The number of halogens is 2. The first kappa shape index (κ1) is 17.0. The molecule has 6 heteroatoms. The standard InChI is InChI=1S/C17H15ClFNO3/c1-10-7-11(2)16(14(18)8-10)20-15(21)9-23-17(22)12-3-5-13(19)6-4-12/h3-8H,9H2,1-2H3,(H,20,21). The van der Waals surface area contributed by atoms with E-state index in [1.807, 2.05) is 19.9 Å². The van der Waals surface area contributed by atoms with Gasteiger partial charge in [0, 0.05) is 0 Å². The van der Waals surface area contributed by atoms with Crippen molar-refractivity contribution in [1.82, 2.24) is 0 Å². The zero-order chi connectivity index (χ0) is 17.0. The van der Waals surface area contributed by atoms with Crippen molar-refractivity contribution in [3.63, 3.8) is 0 Å². The molecule has 1 amide bonds. The van der Waals surface area contributed by atoms with Crippen LogP contribution in [-0.4, -0.2) is 18.5 Å². The van der Waals surface area contributed by atoms with Crippen LogP contribution in [0.1, 0.15) is 21.5 Å². The third kappa shape index (κ3) is 4.53. The summed E-state index contributed by atoms with van der Waals surface area (Å²) in [5, 5.41) is 3.03. The fraction of sp³-hybridized carbons (Fsp3) is 0.176. The Kier molecular flexibility index (Phi) is 5.34. The largest absolute Gasteiger partial charge is 0.452 e. The molecule has 0 aliphatic carbocycles. The van der Waals surface area contributed by atoms with Crippen molar-refractivity contribution in [3.8, 4) is 0 Å². The molecule has 0 saturated heterocycles. The molecule has 0 spiro atoms. The van der Waals surface area contributed by atoms with Crippen molar-refractivity contribution >= 4 is 29.2 Å². The zero-order valence-electron chi connectivity index (χ0n) is 12.7. The van der Waals surface area contributed by atoms with Crippen molar-refractivity contribution < 1.29 is 18.7 Å². The number of ether oxygens (including phenoxy) is 1. The Bertz CT molecular complexity index is 721. The van der Waals surface area contributed by atoms with E-state index in [-0.39, 0.29) is 5.56 Å². The van der Waals surface area contributed by atoms with E-state index < -0.39 is 24.3 Å². The second-order valence-corrected chi connectivity index (χ2v) is 5.48. The molecular formula is C17H15ClFNO3. The van der Waals surface area contributed by atoms with Crippen LogP contribution in [0.5, 0.6) is 0 Å². The first-order valence-corrected chi connectivity index (χ1v) is 7.24. The molecule has 2 aromatic rings. The van der Waals surface area contributed by atoms with Gasteiger partial charge in [0.05, 0.1) is 16.3 Å². The van der Waals surface area contributed by atoms with Gasteiger partial charge >= 0.3 is 5.97 Å². The van der Waals surface area contributed by atoms with Gasteiger partial charge in [-0.2, -0.15) is 0 Å². The van der Waals surface area contributed by atoms with E-state index in [4.69, 9.17) is 16.3 Å². The van der Waals surface area contributed by atoms with E-state index in [0.29, 0.717) is 10.7 Å². The summed E-state index contributed by atoms with van der Waals surface area (Å²) in [6.07, 6.45) is 0. The van der Waals surface area contributed by atoms with Crippen LogP contribution in [0, 0.1) is 19.7 Å². The summed E-state index contributed by atoms with van der Waals surface area (Å²) in [6.45, 7) is 3.26. The highest BCUT2D eigenvalue weighted by Crippen LogP contribution is 2.27. The minimum absolute atomic E-state index is 0.170. The molecule has 2 rings (SSSR count). The Hall–Kier alpha value is -2.40. The number of hydrogen-bond acceptors (Lipinski definition) is 3. The van der Waals surface area contributed by atoms with Crippen LogP contribution in [0.4, 0.5) is 10.1 Å². The van der Waals surface area contributed by atoms with Gasteiger partial charge in [-0.1, -0.05) is 17.7 Å². The zero-order valence-corrected chi connectivity index (χ0v) is 13.4. The summed E-state index contributed by atoms with van der Waals surface area (Å²) in [5.74, 6) is -1.66. The SMILES string of the molecule is Cc1cc(C)c(NC(=O)COC(=O)c2ccc(F)cc2)c(Cl)c1. The van der Waals surface area contributed by atoms with E-state index in [9.17, 15) is 14.0 Å². The normalized spacial score (nSPS) is 10.3. The van der Waals surface area contributed by atoms with Crippen LogP contribution in [-0.2, 0) is 9.53 Å². The van der Waals surface area contributed by atoms with Gasteiger partial charge in [-0.15, -0.1) is 0 Å². The molecule has 0 aliphatic heterocycles. The summed E-state index contributed by atoms with van der Waals surface area (Å²) in [7, 11) is 0. The van der Waals surface area contributed by atoms with Crippen molar-refractivity contribution in [1.29, 1.82) is 0 Å². The molecule has 0 aromatic heterocycles. The van der Waals surface area contributed by atoms with Gasteiger partial charge < -0.3 is 10.1 Å². The smallest absolute Gasteiger partial charge is 0.338 e. The minimum atomic E-state index is -0.702. The van der Waals surface area contributed by atoms with E-state index in [1.165, 1.54) is 12.1 Å². The summed E-state index contributed by atoms with van der Waals surface area (Å²) in [5.41, 5.74) is 2.45. The molecule has 0 atom stereocenters. The summed E-state index contributed by atoms with van der Waals surface area (Å²) < 4.78 is 17.7. The van der Waals surface area contributed by atoms with Gasteiger partial charge in [0.1, 0.15) is 5.82 Å². The second kappa shape index (κ2) is 7.24. The van der Waals surface area contributed by atoms with Gasteiger partial charge in [-0.3, -0.25) is 4.79 Å². The highest BCUT2D eigenvalue weighted by Gasteiger charge is 2.13. The van der Waals surface area contributed by atoms with Crippen molar-refractivity contribution in [2.24, 2.45) is 0 Å². The number of esters is 1. The monoisotopic (exact) mass is 335 g/mol. The summed E-state index contributed by atoms with van der Waals surface area (Å²) in [4.78, 5) is 23.6. The summed E-state index contributed by atoms with van der Waals surface area (Å²) >= 11 is 6.09. The van der Waals surface area contributed by atoms with Gasteiger partial charge in [0.2, 0.25) is 0 Å². The van der Waals surface area contributed by atoms with Crippen LogP contribution >= 0.6 is 11.6 Å². The van der Waals surface area contributed by atoms with Crippen LogP contribution in [0.3, 0.4) is 0 Å². The number of hydrogen-bond donors (Lipinski definition) is 1. The Labute approximate surface area is 138 Å². The quantitative estimate of drug-likeness (QED) is 0.862. The molecule has 0 fully saturated rings. The lowest BCUT2D eigenvalue weighted by Crippen LogP contribution is -2.21. The number of carbonyl (C=O) groups excluding carboxylic acids is 2.